The first-order chi connectivity index (χ1) is 15.6. The highest BCUT2D eigenvalue weighted by atomic mass is 32.2. The third-order valence-corrected chi connectivity index (χ3v) is 6.21. The summed E-state index contributed by atoms with van der Waals surface area (Å²) < 4.78 is 45.6. The van der Waals surface area contributed by atoms with E-state index in [4.69, 9.17) is 18.9 Å². The minimum atomic E-state index is -3.74. The highest BCUT2D eigenvalue weighted by molar-refractivity contribution is 7.90. The Morgan fingerprint density at radius 2 is 1.73 bits per heavy atom. The lowest BCUT2D eigenvalue weighted by atomic mass is 9.99. The molecule has 5 atom stereocenters. The second-order valence-electron chi connectivity index (χ2n) is 7.56. The molecule has 2 aromatic rings. The van der Waals surface area contributed by atoms with Crippen LogP contribution in [0.15, 0.2) is 53.4 Å². The van der Waals surface area contributed by atoms with Gasteiger partial charge in [0.1, 0.15) is 48.3 Å². The molecule has 0 aromatic heterocycles. The molecule has 2 aromatic carbocycles. The van der Waals surface area contributed by atoms with Crippen LogP contribution in [0.4, 0.5) is 0 Å². The normalized spacial score (nSPS) is 25.4. The van der Waals surface area contributed by atoms with Gasteiger partial charge in [0, 0.05) is 13.4 Å². The maximum Gasteiger partial charge on any atom is 0.338 e. The fourth-order valence-corrected chi connectivity index (χ4v) is 4.10. The summed E-state index contributed by atoms with van der Waals surface area (Å²) in [5.41, 5.74) is 0.782. The lowest BCUT2D eigenvalue weighted by molar-refractivity contribution is -0.294. The van der Waals surface area contributed by atoms with E-state index in [1.807, 2.05) is 30.3 Å². The third-order valence-electron chi connectivity index (χ3n) is 5.10. The molecule has 0 saturated carbocycles. The van der Waals surface area contributed by atoms with E-state index in [0.29, 0.717) is 0 Å². The van der Waals surface area contributed by atoms with Gasteiger partial charge in [-0.3, -0.25) is 0 Å². The maximum atomic E-state index is 12.5. The van der Waals surface area contributed by atoms with Crippen molar-refractivity contribution in [2.24, 2.45) is 0 Å². The van der Waals surface area contributed by atoms with Crippen LogP contribution < -0.4 is 4.74 Å². The van der Waals surface area contributed by atoms with Crippen LogP contribution in [0.2, 0.25) is 0 Å². The molecule has 0 unspecified atom stereocenters. The molecular formula is C22H26O10S. The van der Waals surface area contributed by atoms with Gasteiger partial charge in [0.25, 0.3) is 0 Å². The lowest BCUT2D eigenvalue weighted by Gasteiger charge is -2.39. The van der Waals surface area contributed by atoms with E-state index in [2.05, 4.69) is 0 Å². The van der Waals surface area contributed by atoms with Crippen LogP contribution in [0.1, 0.15) is 15.9 Å². The van der Waals surface area contributed by atoms with Crippen molar-refractivity contribution in [2.75, 3.05) is 20.0 Å². The van der Waals surface area contributed by atoms with E-state index in [0.717, 1.165) is 17.9 Å². The lowest BCUT2D eigenvalue weighted by Crippen LogP contribution is -2.59. The summed E-state index contributed by atoms with van der Waals surface area (Å²) in [5.74, 6) is -0.788. The van der Waals surface area contributed by atoms with Crippen molar-refractivity contribution in [2.45, 2.75) is 42.2 Å². The average molecular weight is 483 g/mol. The zero-order chi connectivity index (χ0) is 24.2. The number of benzene rings is 2. The van der Waals surface area contributed by atoms with Gasteiger partial charge in [-0.1, -0.05) is 30.3 Å². The largest absolute Gasteiger partial charge is 0.488 e. The molecule has 0 radical (unpaired) electrons. The number of methoxy groups -OCH3 is 1. The average Bonchev–Trinajstić information content (AvgIpc) is 2.80. The molecule has 1 aliphatic rings. The number of aliphatic hydroxyl groups excluding tert-OH is 3. The minimum absolute atomic E-state index is 0.0586. The molecule has 3 rings (SSSR count). The van der Waals surface area contributed by atoms with E-state index < -0.39 is 53.1 Å². The van der Waals surface area contributed by atoms with E-state index in [9.17, 15) is 28.5 Å². The van der Waals surface area contributed by atoms with Gasteiger partial charge in [0.2, 0.25) is 0 Å². The maximum absolute atomic E-state index is 12.5. The molecule has 1 saturated heterocycles. The minimum Gasteiger partial charge on any atom is -0.488 e. The molecule has 180 valence electrons. The molecule has 1 aliphatic heterocycles. The van der Waals surface area contributed by atoms with Crippen molar-refractivity contribution in [3.63, 3.8) is 0 Å². The molecule has 0 aliphatic carbocycles. The van der Waals surface area contributed by atoms with Gasteiger partial charge in [-0.2, -0.15) is 0 Å². The highest BCUT2D eigenvalue weighted by Crippen LogP contribution is 2.27. The Hall–Kier alpha value is -2.54. The van der Waals surface area contributed by atoms with Gasteiger partial charge in [-0.15, -0.1) is 0 Å². The molecule has 0 spiro atoms. The number of carbonyl (C=O) groups is 1. The summed E-state index contributed by atoms with van der Waals surface area (Å²) >= 11 is 0. The van der Waals surface area contributed by atoms with Crippen LogP contribution >= 0.6 is 0 Å². The Morgan fingerprint density at radius 3 is 2.36 bits per heavy atom. The van der Waals surface area contributed by atoms with Crippen molar-refractivity contribution in [1.82, 2.24) is 0 Å². The zero-order valence-electron chi connectivity index (χ0n) is 18.0. The van der Waals surface area contributed by atoms with Gasteiger partial charge < -0.3 is 34.3 Å². The van der Waals surface area contributed by atoms with Gasteiger partial charge in [-0.05, 0) is 23.8 Å². The van der Waals surface area contributed by atoms with Gasteiger partial charge in [0.05, 0.1) is 5.56 Å². The van der Waals surface area contributed by atoms with Crippen molar-refractivity contribution < 1.29 is 47.5 Å². The van der Waals surface area contributed by atoms with Crippen LogP contribution in [-0.4, -0.2) is 80.4 Å². The molecule has 11 heteroatoms. The van der Waals surface area contributed by atoms with Crippen molar-refractivity contribution in [3.05, 3.63) is 59.7 Å². The first kappa shape index (κ1) is 25.1. The van der Waals surface area contributed by atoms with Crippen LogP contribution in [0, 0.1) is 0 Å². The fourth-order valence-electron chi connectivity index (χ4n) is 3.27. The zero-order valence-corrected chi connectivity index (χ0v) is 18.8. The highest BCUT2D eigenvalue weighted by Gasteiger charge is 2.44. The monoisotopic (exact) mass is 482 g/mol. The van der Waals surface area contributed by atoms with Crippen LogP contribution in [0.25, 0.3) is 0 Å². The predicted octanol–water partition coefficient (Wildman–Crippen LogP) is 0.280. The summed E-state index contributed by atoms with van der Waals surface area (Å²) in [5, 5.41) is 29.8. The molecule has 1 heterocycles. The summed E-state index contributed by atoms with van der Waals surface area (Å²) in [6.07, 6.45) is -5.95. The first-order valence-corrected chi connectivity index (χ1v) is 11.9. The van der Waals surface area contributed by atoms with E-state index >= 15 is 0 Å². The summed E-state index contributed by atoms with van der Waals surface area (Å²) in [6.45, 7) is -0.330. The molecule has 1 fully saturated rings. The van der Waals surface area contributed by atoms with E-state index in [1.54, 1.807) is 0 Å². The molecule has 0 amide bonds. The number of hydrogen-bond acceptors (Lipinski definition) is 10. The number of ether oxygens (including phenoxy) is 4. The molecule has 33 heavy (non-hydrogen) atoms. The molecule has 3 N–H and O–H groups in total. The number of carbonyl (C=O) groups excluding carboxylic acids is 1. The topological polar surface area (TPSA) is 149 Å². The Morgan fingerprint density at radius 1 is 1.03 bits per heavy atom. The molecule has 0 bridgehead atoms. The number of aliphatic hydroxyl groups is 3. The number of sulfone groups is 1. The summed E-state index contributed by atoms with van der Waals surface area (Å²) in [4.78, 5) is 12.3. The third kappa shape index (κ3) is 6.08. The second kappa shape index (κ2) is 10.6. The van der Waals surface area contributed by atoms with Crippen molar-refractivity contribution in [3.8, 4) is 5.75 Å². The standard InChI is InChI=1S/C22H26O10S/c1-29-22-20(25)19(24)18(23)16(32-22)12-31-21(26)14-8-9-15(17(10-14)33(2,27)28)30-11-13-6-4-3-5-7-13/h3-10,16,18-20,22-25H,11-12H2,1-2H3/t16-,18-,19+,20-,22-/m1/s1. The number of esters is 1. The van der Waals surface area contributed by atoms with Crippen LogP contribution in [0.5, 0.6) is 5.75 Å². The van der Waals surface area contributed by atoms with E-state index in [-0.39, 0.29) is 22.8 Å². The van der Waals surface area contributed by atoms with E-state index in [1.165, 1.54) is 19.2 Å². The Balaban J connectivity index is 1.71. The van der Waals surface area contributed by atoms with Crippen molar-refractivity contribution >= 4 is 15.8 Å². The van der Waals surface area contributed by atoms with Gasteiger partial charge >= 0.3 is 5.97 Å². The predicted molar refractivity (Wildman–Crippen MR) is 114 cm³/mol. The second-order valence-corrected chi connectivity index (χ2v) is 9.54. The Bertz CT molecular complexity index is 1050. The summed E-state index contributed by atoms with van der Waals surface area (Å²) in [7, 11) is -2.49. The first-order valence-electron chi connectivity index (χ1n) is 10.0. The summed E-state index contributed by atoms with van der Waals surface area (Å²) in [6, 6.07) is 13.0. The quantitative estimate of drug-likeness (QED) is 0.448. The smallest absolute Gasteiger partial charge is 0.338 e. The molecular weight excluding hydrogens is 456 g/mol. The number of hydrogen-bond donors (Lipinski definition) is 3. The Labute approximate surface area is 191 Å². The van der Waals surface area contributed by atoms with Gasteiger partial charge in [0.15, 0.2) is 16.1 Å². The van der Waals surface area contributed by atoms with Crippen LogP contribution in [-0.2, 0) is 30.7 Å². The molecule has 10 nitrogen and oxygen atoms in total. The van der Waals surface area contributed by atoms with Crippen LogP contribution in [0.3, 0.4) is 0 Å². The Kier molecular flexibility index (Phi) is 8.05. The number of rotatable bonds is 8. The van der Waals surface area contributed by atoms with Gasteiger partial charge in [-0.25, -0.2) is 13.2 Å². The fraction of sp³-hybridized carbons (Fsp3) is 0.409. The SMILES string of the molecule is CO[C@@H]1O[C@H](COC(=O)c2ccc(OCc3ccccc3)c(S(C)(=O)=O)c2)[C@@H](O)[C@H](O)[C@H]1O. The van der Waals surface area contributed by atoms with Crippen molar-refractivity contribution in [1.29, 1.82) is 0 Å².